The van der Waals surface area contributed by atoms with E-state index in [0.717, 1.165) is 0 Å². The summed E-state index contributed by atoms with van der Waals surface area (Å²) in [5.41, 5.74) is 1.18. The first kappa shape index (κ1) is 10.6. The molecule has 1 aliphatic heterocycles. The van der Waals surface area contributed by atoms with E-state index in [-0.39, 0.29) is 23.0 Å². The highest BCUT2D eigenvalue weighted by Gasteiger charge is 2.22. The molecular weight excluding hydrogens is 236 g/mol. The number of benzene rings is 2. The van der Waals surface area contributed by atoms with Crippen molar-refractivity contribution in [3.05, 3.63) is 35.4 Å². The van der Waals surface area contributed by atoms with Crippen LogP contribution in [0.2, 0.25) is 0 Å². The van der Waals surface area contributed by atoms with Crippen LogP contribution in [0.15, 0.2) is 24.3 Å². The van der Waals surface area contributed by atoms with E-state index in [4.69, 9.17) is 4.74 Å². The van der Waals surface area contributed by atoms with Gasteiger partial charge in [0, 0.05) is 35.7 Å². The van der Waals surface area contributed by atoms with Gasteiger partial charge >= 0.3 is 0 Å². The molecule has 0 unspecified atom stereocenters. The molecule has 0 spiro atoms. The van der Waals surface area contributed by atoms with E-state index >= 15 is 0 Å². The lowest BCUT2D eigenvalue weighted by atomic mass is 9.99. The first-order valence-corrected chi connectivity index (χ1v) is 5.32. The second-order valence-electron chi connectivity index (χ2n) is 4.17. The Balaban J connectivity index is 2.15. The normalized spacial score (nSPS) is 12.4. The third kappa shape index (κ3) is 1.48. The van der Waals surface area contributed by atoms with Crippen LogP contribution in [-0.4, -0.2) is 20.4 Å². The minimum Gasteiger partial charge on any atom is -0.508 e. The van der Waals surface area contributed by atoms with Crippen molar-refractivity contribution in [3.63, 3.8) is 0 Å². The van der Waals surface area contributed by atoms with Gasteiger partial charge in [0.2, 0.25) is 0 Å². The number of rotatable bonds is 0. The molecule has 0 amide bonds. The van der Waals surface area contributed by atoms with E-state index in [2.05, 4.69) is 0 Å². The van der Waals surface area contributed by atoms with E-state index in [1.165, 1.54) is 24.3 Å². The number of fused-ring (bicyclic) bond motifs is 2. The maximum atomic E-state index is 9.73. The van der Waals surface area contributed by atoms with Crippen LogP contribution in [0.3, 0.4) is 0 Å². The number of hydrogen-bond acceptors (Lipinski definition) is 5. The van der Waals surface area contributed by atoms with Crippen molar-refractivity contribution in [1.82, 2.24) is 0 Å². The molecule has 0 saturated heterocycles. The predicted molar refractivity (Wildman–Crippen MR) is 62.4 cm³/mol. The monoisotopic (exact) mass is 246 g/mol. The van der Waals surface area contributed by atoms with Crippen molar-refractivity contribution < 1.29 is 25.2 Å². The molecule has 18 heavy (non-hydrogen) atoms. The van der Waals surface area contributed by atoms with Gasteiger partial charge in [-0.3, -0.25) is 0 Å². The van der Waals surface area contributed by atoms with E-state index in [1.807, 2.05) is 0 Å². The molecule has 1 aliphatic rings. The molecule has 0 saturated carbocycles. The third-order valence-electron chi connectivity index (χ3n) is 2.92. The first-order valence-electron chi connectivity index (χ1n) is 5.32. The lowest BCUT2D eigenvalue weighted by molar-refractivity contribution is 0.389. The quantitative estimate of drug-likeness (QED) is 0.456. The molecular formula is C13H10O5. The van der Waals surface area contributed by atoms with Crippen LogP contribution >= 0.6 is 0 Å². The molecule has 5 heteroatoms. The Morgan fingerprint density at radius 2 is 1.50 bits per heavy atom. The van der Waals surface area contributed by atoms with Crippen molar-refractivity contribution in [2.24, 2.45) is 0 Å². The van der Waals surface area contributed by atoms with Gasteiger partial charge in [-0.15, -0.1) is 0 Å². The predicted octanol–water partition coefficient (Wildman–Crippen LogP) is 2.21. The summed E-state index contributed by atoms with van der Waals surface area (Å²) >= 11 is 0. The molecule has 0 bridgehead atoms. The highest BCUT2D eigenvalue weighted by molar-refractivity contribution is 5.60. The maximum Gasteiger partial charge on any atom is 0.161 e. The molecule has 4 N–H and O–H groups in total. The van der Waals surface area contributed by atoms with Gasteiger partial charge in [-0.25, -0.2) is 0 Å². The van der Waals surface area contributed by atoms with Crippen LogP contribution in [0.25, 0.3) is 0 Å². The minimum atomic E-state index is -0.276. The standard InChI is InChI=1S/C13H10O5/c14-7-3-9(15)8-1-6-2-10(16)11(17)5-12(6)18-13(8)4-7/h2-5,14-17H,1H2. The average molecular weight is 246 g/mol. The molecule has 3 rings (SSSR count). The lowest BCUT2D eigenvalue weighted by Gasteiger charge is -2.21. The molecule has 5 nitrogen and oxygen atoms in total. The molecule has 2 aromatic rings. The maximum absolute atomic E-state index is 9.73. The summed E-state index contributed by atoms with van der Waals surface area (Å²) in [4.78, 5) is 0. The van der Waals surface area contributed by atoms with Crippen LogP contribution in [0.1, 0.15) is 11.1 Å². The van der Waals surface area contributed by atoms with Gasteiger partial charge in [-0.2, -0.15) is 0 Å². The highest BCUT2D eigenvalue weighted by Crippen LogP contribution is 2.45. The van der Waals surface area contributed by atoms with Crippen LogP contribution in [0.4, 0.5) is 0 Å². The van der Waals surface area contributed by atoms with E-state index in [9.17, 15) is 20.4 Å². The zero-order valence-corrected chi connectivity index (χ0v) is 9.21. The summed E-state index contributed by atoms with van der Waals surface area (Å²) in [5, 5.41) is 38.0. The van der Waals surface area contributed by atoms with Crippen LogP contribution in [-0.2, 0) is 6.42 Å². The minimum absolute atomic E-state index is 0.0665. The molecule has 0 radical (unpaired) electrons. The Labute approximate surface area is 102 Å². The Morgan fingerprint density at radius 1 is 0.778 bits per heavy atom. The third-order valence-corrected chi connectivity index (χ3v) is 2.92. The summed E-state index contributed by atoms with van der Waals surface area (Å²) in [6, 6.07) is 5.31. The van der Waals surface area contributed by atoms with Gasteiger partial charge in [0.1, 0.15) is 23.0 Å². The van der Waals surface area contributed by atoms with Gasteiger partial charge in [-0.1, -0.05) is 0 Å². The molecule has 92 valence electrons. The molecule has 0 aromatic heterocycles. The average Bonchev–Trinajstić information content (AvgIpc) is 2.29. The second kappa shape index (κ2) is 3.46. The molecule has 0 fully saturated rings. The van der Waals surface area contributed by atoms with Gasteiger partial charge in [0.05, 0.1) is 0 Å². The highest BCUT2D eigenvalue weighted by atomic mass is 16.5. The summed E-state index contributed by atoms with van der Waals surface area (Å²) in [7, 11) is 0. The largest absolute Gasteiger partial charge is 0.508 e. The Bertz CT molecular complexity index is 648. The summed E-state index contributed by atoms with van der Waals surface area (Å²) in [6.07, 6.45) is 0.352. The Kier molecular flexibility index (Phi) is 2.04. The summed E-state index contributed by atoms with van der Waals surface area (Å²) in [6.45, 7) is 0. The zero-order chi connectivity index (χ0) is 12.9. The van der Waals surface area contributed by atoms with Crippen molar-refractivity contribution >= 4 is 0 Å². The molecule has 1 heterocycles. The SMILES string of the molecule is Oc1cc(O)c2c(c1)Oc1cc(O)c(O)cc1C2. The molecule has 0 aliphatic carbocycles. The topological polar surface area (TPSA) is 90.2 Å². The van der Waals surface area contributed by atoms with Gasteiger partial charge in [0.25, 0.3) is 0 Å². The smallest absolute Gasteiger partial charge is 0.161 e. The number of phenols is 4. The fraction of sp³-hybridized carbons (Fsp3) is 0.0769. The van der Waals surface area contributed by atoms with Crippen LogP contribution in [0, 0.1) is 0 Å². The summed E-state index contributed by atoms with van der Waals surface area (Å²) < 4.78 is 5.48. The van der Waals surface area contributed by atoms with Crippen molar-refractivity contribution in [2.45, 2.75) is 6.42 Å². The zero-order valence-electron chi connectivity index (χ0n) is 9.21. The number of ether oxygens (including phenoxy) is 1. The first-order chi connectivity index (χ1) is 8.54. The second-order valence-corrected chi connectivity index (χ2v) is 4.17. The van der Waals surface area contributed by atoms with Crippen LogP contribution in [0.5, 0.6) is 34.5 Å². The number of phenolic OH excluding ortho intramolecular Hbond substituents is 4. The number of hydrogen-bond donors (Lipinski definition) is 4. The van der Waals surface area contributed by atoms with Crippen molar-refractivity contribution in [1.29, 1.82) is 0 Å². The van der Waals surface area contributed by atoms with E-state index < -0.39 is 0 Å². The fourth-order valence-corrected chi connectivity index (χ4v) is 2.03. The van der Waals surface area contributed by atoms with Gasteiger partial charge in [-0.05, 0) is 6.07 Å². The number of aromatic hydroxyl groups is 4. The Hall–Kier alpha value is -2.56. The van der Waals surface area contributed by atoms with Crippen LogP contribution < -0.4 is 4.74 Å². The lowest BCUT2D eigenvalue weighted by Crippen LogP contribution is -2.03. The van der Waals surface area contributed by atoms with E-state index in [0.29, 0.717) is 29.0 Å². The molecule has 0 atom stereocenters. The van der Waals surface area contributed by atoms with Crippen molar-refractivity contribution in [2.75, 3.05) is 0 Å². The van der Waals surface area contributed by atoms with Gasteiger partial charge in [0.15, 0.2) is 11.5 Å². The Morgan fingerprint density at radius 3 is 2.28 bits per heavy atom. The molecule has 2 aromatic carbocycles. The fourth-order valence-electron chi connectivity index (χ4n) is 2.03. The summed E-state index contributed by atoms with van der Waals surface area (Å²) in [5.74, 6) is 0.0504. The van der Waals surface area contributed by atoms with Gasteiger partial charge < -0.3 is 25.2 Å². The van der Waals surface area contributed by atoms with E-state index in [1.54, 1.807) is 0 Å². The van der Waals surface area contributed by atoms with Crippen molar-refractivity contribution in [3.8, 4) is 34.5 Å².